The van der Waals surface area contributed by atoms with Crippen molar-refractivity contribution in [3.05, 3.63) is 34.3 Å². The molecule has 1 aliphatic heterocycles. The Morgan fingerprint density at radius 3 is 2.94 bits per heavy atom. The molecule has 0 saturated carbocycles. The van der Waals surface area contributed by atoms with Gasteiger partial charge in [0.1, 0.15) is 0 Å². The van der Waals surface area contributed by atoms with E-state index in [9.17, 15) is 0 Å². The molecule has 4 heteroatoms. The van der Waals surface area contributed by atoms with Crippen LogP contribution in [0.5, 0.6) is 0 Å². The molecule has 16 heavy (non-hydrogen) atoms. The Kier molecular flexibility index (Phi) is 3.82. The maximum absolute atomic E-state index is 8.63. The number of likely N-dealkylation sites (tertiary alicyclic amines) is 1. The normalized spacial score (nSPS) is 21.6. The van der Waals surface area contributed by atoms with Crippen LogP contribution in [0.15, 0.2) is 18.2 Å². The van der Waals surface area contributed by atoms with Crippen molar-refractivity contribution < 1.29 is 5.21 Å². The Balaban J connectivity index is 2.16. The van der Waals surface area contributed by atoms with Crippen molar-refractivity contribution in [3.63, 3.8) is 0 Å². The van der Waals surface area contributed by atoms with Crippen LogP contribution in [-0.2, 0) is 6.54 Å². The highest BCUT2D eigenvalue weighted by atomic mass is 35.5. The van der Waals surface area contributed by atoms with Gasteiger partial charge < -0.3 is 10.1 Å². The van der Waals surface area contributed by atoms with Gasteiger partial charge in [-0.3, -0.25) is 0 Å². The van der Waals surface area contributed by atoms with Crippen molar-refractivity contribution in [2.75, 3.05) is 20.1 Å². The van der Waals surface area contributed by atoms with Gasteiger partial charge in [-0.15, -0.1) is 0 Å². The second-order valence-electron chi connectivity index (χ2n) is 4.44. The number of halogens is 1. The van der Waals surface area contributed by atoms with Crippen molar-refractivity contribution in [1.82, 2.24) is 10.4 Å². The van der Waals surface area contributed by atoms with Gasteiger partial charge >= 0.3 is 0 Å². The number of nitrogens with one attached hydrogen (secondary N) is 1. The molecule has 1 aromatic carbocycles. The van der Waals surface area contributed by atoms with Gasteiger partial charge in [-0.25, -0.2) is 5.48 Å². The molecule has 2 rings (SSSR count). The van der Waals surface area contributed by atoms with Gasteiger partial charge in [-0.2, -0.15) is 0 Å². The van der Waals surface area contributed by atoms with Crippen LogP contribution < -0.4 is 5.48 Å². The zero-order valence-electron chi connectivity index (χ0n) is 9.41. The predicted molar refractivity (Wildman–Crippen MR) is 64.9 cm³/mol. The summed E-state index contributed by atoms with van der Waals surface area (Å²) in [7, 11) is 2.14. The molecule has 0 aromatic heterocycles. The second-order valence-corrected chi connectivity index (χ2v) is 4.85. The molecule has 0 radical (unpaired) electrons. The Bertz CT molecular complexity index is 370. The van der Waals surface area contributed by atoms with Gasteiger partial charge in [-0.05, 0) is 43.1 Å². The highest BCUT2D eigenvalue weighted by molar-refractivity contribution is 6.31. The first-order valence-electron chi connectivity index (χ1n) is 5.54. The fourth-order valence-corrected chi connectivity index (χ4v) is 2.65. The molecule has 1 heterocycles. The molecule has 1 atom stereocenters. The fraction of sp³-hybridized carbons (Fsp3) is 0.500. The van der Waals surface area contributed by atoms with E-state index in [2.05, 4.69) is 23.5 Å². The molecule has 1 saturated heterocycles. The van der Waals surface area contributed by atoms with Crippen molar-refractivity contribution in [3.8, 4) is 0 Å². The molecule has 2 N–H and O–H groups in total. The lowest BCUT2D eigenvalue weighted by atomic mass is 9.97. The number of hydrogen-bond acceptors (Lipinski definition) is 3. The molecule has 1 unspecified atom stereocenters. The predicted octanol–water partition coefficient (Wildman–Crippen LogP) is 2.24. The van der Waals surface area contributed by atoms with E-state index in [1.165, 1.54) is 12.0 Å². The summed E-state index contributed by atoms with van der Waals surface area (Å²) in [6, 6.07) is 6.03. The van der Waals surface area contributed by atoms with Crippen LogP contribution >= 0.6 is 11.6 Å². The lowest BCUT2D eigenvalue weighted by Crippen LogP contribution is -2.13. The number of hydroxylamine groups is 1. The van der Waals surface area contributed by atoms with E-state index < -0.39 is 0 Å². The molecule has 0 spiro atoms. The standard InChI is InChI=1S/C12H17ClN2O/c1-15-5-4-10(8-15)11-3-2-9(7-14-16)6-12(11)13/h2-3,6,10,14,16H,4-5,7-8H2,1H3. The van der Waals surface area contributed by atoms with E-state index in [-0.39, 0.29) is 0 Å². The highest BCUT2D eigenvalue weighted by Gasteiger charge is 2.22. The van der Waals surface area contributed by atoms with Crippen LogP contribution in [0, 0.1) is 0 Å². The number of nitrogens with zero attached hydrogens (tertiary/aromatic N) is 1. The molecule has 3 nitrogen and oxygen atoms in total. The number of hydrogen-bond donors (Lipinski definition) is 2. The molecule has 0 amide bonds. The van der Waals surface area contributed by atoms with Gasteiger partial charge in [0, 0.05) is 18.1 Å². The van der Waals surface area contributed by atoms with E-state index in [1.807, 2.05) is 12.1 Å². The van der Waals surface area contributed by atoms with Crippen molar-refractivity contribution >= 4 is 11.6 Å². The zero-order chi connectivity index (χ0) is 11.5. The summed E-state index contributed by atoms with van der Waals surface area (Å²) >= 11 is 6.26. The van der Waals surface area contributed by atoms with E-state index >= 15 is 0 Å². The van der Waals surface area contributed by atoms with Gasteiger partial charge in [-0.1, -0.05) is 23.7 Å². The largest absolute Gasteiger partial charge is 0.316 e. The van der Waals surface area contributed by atoms with E-state index in [0.717, 1.165) is 23.7 Å². The lowest BCUT2D eigenvalue weighted by molar-refractivity contribution is 0.161. The Morgan fingerprint density at radius 2 is 2.38 bits per heavy atom. The number of rotatable bonds is 3. The smallest absolute Gasteiger partial charge is 0.0458 e. The minimum Gasteiger partial charge on any atom is -0.316 e. The molecule has 0 bridgehead atoms. The lowest BCUT2D eigenvalue weighted by Gasteiger charge is -2.13. The molecular formula is C12H17ClN2O. The SMILES string of the molecule is CN1CCC(c2ccc(CNO)cc2Cl)C1. The summed E-state index contributed by atoms with van der Waals surface area (Å²) in [4.78, 5) is 2.32. The van der Waals surface area contributed by atoms with Crippen molar-refractivity contribution in [2.24, 2.45) is 0 Å². The van der Waals surface area contributed by atoms with E-state index in [0.29, 0.717) is 12.5 Å². The number of likely N-dealkylation sites (N-methyl/N-ethyl adjacent to an activating group) is 1. The van der Waals surface area contributed by atoms with Crippen molar-refractivity contribution in [2.45, 2.75) is 18.9 Å². The fourth-order valence-electron chi connectivity index (χ4n) is 2.29. The second kappa shape index (κ2) is 5.15. The Hall–Kier alpha value is -0.610. The quantitative estimate of drug-likeness (QED) is 0.796. The van der Waals surface area contributed by atoms with Crippen LogP contribution in [0.1, 0.15) is 23.5 Å². The van der Waals surface area contributed by atoms with Gasteiger partial charge in [0.15, 0.2) is 0 Å². The van der Waals surface area contributed by atoms with Crippen LogP contribution in [-0.4, -0.2) is 30.2 Å². The monoisotopic (exact) mass is 240 g/mol. The molecule has 1 aliphatic rings. The average molecular weight is 241 g/mol. The number of benzene rings is 1. The Morgan fingerprint density at radius 1 is 1.56 bits per heavy atom. The summed E-state index contributed by atoms with van der Waals surface area (Å²) < 4.78 is 0. The van der Waals surface area contributed by atoms with Gasteiger partial charge in [0.05, 0.1) is 0 Å². The van der Waals surface area contributed by atoms with Gasteiger partial charge in [0.25, 0.3) is 0 Å². The van der Waals surface area contributed by atoms with E-state index in [1.54, 1.807) is 0 Å². The first-order valence-corrected chi connectivity index (χ1v) is 5.92. The zero-order valence-corrected chi connectivity index (χ0v) is 10.2. The summed E-state index contributed by atoms with van der Waals surface area (Å²) in [6.07, 6.45) is 1.17. The molecule has 0 aliphatic carbocycles. The molecule has 1 fully saturated rings. The minimum atomic E-state index is 0.435. The summed E-state index contributed by atoms with van der Waals surface area (Å²) in [6.45, 7) is 2.66. The average Bonchev–Trinajstić information content (AvgIpc) is 2.65. The third-order valence-electron chi connectivity index (χ3n) is 3.18. The maximum atomic E-state index is 8.63. The highest BCUT2D eigenvalue weighted by Crippen LogP contribution is 2.31. The van der Waals surface area contributed by atoms with Crippen LogP contribution in [0.3, 0.4) is 0 Å². The van der Waals surface area contributed by atoms with Crippen molar-refractivity contribution in [1.29, 1.82) is 0 Å². The summed E-state index contributed by atoms with van der Waals surface area (Å²) in [5.74, 6) is 0.550. The maximum Gasteiger partial charge on any atom is 0.0458 e. The summed E-state index contributed by atoms with van der Waals surface area (Å²) in [5, 5.41) is 9.44. The van der Waals surface area contributed by atoms with Gasteiger partial charge in [0.2, 0.25) is 0 Å². The molecule has 1 aromatic rings. The summed E-state index contributed by atoms with van der Waals surface area (Å²) in [5.41, 5.74) is 4.37. The molecular weight excluding hydrogens is 224 g/mol. The van der Waals surface area contributed by atoms with Crippen LogP contribution in [0.25, 0.3) is 0 Å². The first-order chi connectivity index (χ1) is 7.70. The molecule has 88 valence electrons. The Labute approximate surface area is 101 Å². The van der Waals surface area contributed by atoms with Crippen LogP contribution in [0.2, 0.25) is 5.02 Å². The first kappa shape index (κ1) is 11.9. The van der Waals surface area contributed by atoms with Crippen LogP contribution in [0.4, 0.5) is 0 Å². The topological polar surface area (TPSA) is 35.5 Å². The minimum absolute atomic E-state index is 0.435. The third kappa shape index (κ3) is 2.55. The third-order valence-corrected chi connectivity index (χ3v) is 3.51. The van der Waals surface area contributed by atoms with E-state index in [4.69, 9.17) is 16.8 Å².